The minimum absolute atomic E-state index is 0.0668. The molecule has 1 atom stereocenters. The van der Waals surface area contributed by atoms with Crippen molar-refractivity contribution in [3.8, 4) is 28.1 Å². The van der Waals surface area contributed by atoms with Crippen LogP contribution in [0.1, 0.15) is 23.0 Å². The highest BCUT2D eigenvalue weighted by atomic mass is 19.4. The Bertz CT molecular complexity index is 1260. The summed E-state index contributed by atoms with van der Waals surface area (Å²) in [4.78, 5) is 6.16. The van der Waals surface area contributed by atoms with E-state index in [-0.39, 0.29) is 29.4 Å². The fourth-order valence-electron chi connectivity index (χ4n) is 3.43. The van der Waals surface area contributed by atoms with Crippen LogP contribution >= 0.6 is 0 Å². The monoisotopic (exact) mass is 471 g/mol. The van der Waals surface area contributed by atoms with Crippen LogP contribution in [0, 0.1) is 5.95 Å². The summed E-state index contributed by atoms with van der Waals surface area (Å²) in [5.41, 5.74) is 6.82. The Hall–Kier alpha value is -3.69. The molecule has 0 saturated heterocycles. The molecule has 1 heterocycles. The highest BCUT2D eigenvalue weighted by Crippen LogP contribution is 2.39. The average molecular weight is 471 g/mol. The SMILES string of the molecule is NC(CO)c1nc(-c2ccc(OCc3ccc(-c4ccccc4)cc3)c(C(F)(F)F)c2)c(F)[nH]1. The van der Waals surface area contributed by atoms with Crippen molar-refractivity contribution < 1.29 is 27.4 Å². The quantitative estimate of drug-likeness (QED) is 0.312. The smallest absolute Gasteiger partial charge is 0.419 e. The molecule has 0 spiro atoms. The van der Waals surface area contributed by atoms with E-state index in [1.54, 1.807) is 12.1 Å². The van der Waals surface area contributed by atoms with Gasteiger partial charge in [-0.25, -0.2) is 4.98 Å². The van der Waals surface area contributed by atoms with Crippen LogP contribution in [-0.4, -0.2) is 21.7 Å². The second-order valence-electron chi connectivity index (χ2n) is 7.63. The second kappa shape index (κ2) is 9.66. The Morgan fingerprint density at radius 2 is 1.59 bits per heavy atom. The molecule has 9 heteroatoms. The van der Waals surface area contributed by atoms with Gasteiger partial charge in [0.05, 0.1) is 18.2 Å². The molecule has 0 amide bonds. The summed E-state index contributed by atoms with van der Waals surface area (Å²) >= 11 is 0. The fraction of sp³-hybridized carbons (Fsp3) is 0.160. The number of aliphatic hydroxyl groups excluding tert-OH is 1. The Morgan fingerprint density at radius 1 is 0.941 bits per heavy atom. The standard InChI is InChI=1S/C25H21F4N3O2/c26-23-22(31-24(32-23)20(30)13-33)18-10-11-21(19(12-18)25(27,28)29)34-14-15-6-8-17(9-7-15)16-4-2-1-3-5-16/h1-12,20,33H,13-14,30H2,(H,31,32). The third kappa shape index (κ3) is 5.11. The number of H-pyrrole nitrogens is 1. The number of aliphatic hydroxyl groups is 1. The number of hydrogen-bond acceptors (Lipinski definition) is 4. The van der Waals surface area contributed by atoms with Crippen molar-refractivity contribution in [2.75, 3.05) is 6.61 Å². The predicted octanol–water partition coefficient (Wildman–Crippen LogP) is 5.47. The second-order valence-corrected chi connectivity index (χ2v) is 7.63. The van der Waals surface area contributed by atoms with Crippen LogP contribution < -0.4 is 10.5 Å². The van der Waals surface area contributed by atoms with Gasteiger partial charge in [0, 0.05) is 5.56 Å². The van der Waals surface area contributed by atoms with Crippen LogP contribution in [0.3, 0.4) is 0 Å². The molecule has 0 aliphatic heterocycles. The van der Waals surface area contributed by atoms with Crippen LogP contribution in [0.25, 0.3) is 22.4 Å². The molecule has 4 aromatic rings. The lowest BCUT2D eigenvalue weighted by atomic mass is 10.0. The maximum absolute atomic E-state index is 14.3. The van der Waals surface area contributed by atoms with Crippen LogP contribution in [-0.2, 0) is 12.8 Å². The molecule has 0 aliphatic rings. The number of benzene rings is 3. The summed E-state index contributed by atoms with van der Waals surface area (Å²) in [6, 6.07) is 19.2. The molecule has 3 aromatic carbocycles. The molecule has 176 valence electrons. The normalized spacial score (nSPS) is 12.5. The lowest BCUT2D eigenvalue weighted by Gasteiger charge is -2.15. The number of nitrogens with one attached hydrogen (secondary N) is 1. The van der Waals surface area contributed by atoms with Crippen molar-refractivity contribution in [2.24, 2.45) is 5.73 Å². The molecule has 34 heavy (non-hydrogen) atoms. The summed E-state index contributed by atoms with van der Waals surface area (Å²) < 4.78 is 61.0. The Morgan fingerprint density at radius 3 is 2.24 bits per heavy atom. The van der Waals surface area contributed by atoms with Gasteiger partial charge in [0.25, 0.3) is 0 Å². The van der Waals surface area contributed by atoms with Crippen molar-refractivity contribution in [1.29, 1.82) is 0 Å². The van der Waals surface area contributed by atoms with E-state index < -0.39 is 30.3 Å². The molecular formula is C25H21F4N3O2. The molecular weight excluding hydrogens is 450 g/mol. The van der Waals surface area contributed by atoms with Gasteiger partial charge in [0.2, 0.25) is 5.95 Å². The van der Waals surface area contributed by atoms with Gasteiger partial charge in [-0.3, -0.25) is 0 Å². The van der Waals surface area contributed by atoms with Crippen LogP contribution in [0.4, 0.5) is 17.6 Å². The maximum atomic E-state index is 14.3. The zero-order chi connectivity index (χ0) is 24.3. The van der Waals surface area contributed by atoms with Crippen molar-refractivity contribution in [2.45, 2.75) is 18.8 Å². The lowest BCUT2D eigenvalue weighted by molar-refractivity contribution is -0.139. The number of imidazole rings is 1. The van der Waals surface area contributed by atoms with E-state index in [1.807, 2.05) is 42.5 Å². The number of alkyl halides is 3. The number of halogens is 4. The van der Waals surface area contributed by atoms with E-state index in [1.165, 1.54) is 6.07 Å². The topological polar surface area (TPSA) is 84.2 Å². The zero-order valence-electron chi connectivity index (χ0n) is 17.8. The number of nitrogens with two attached hydrogens (primary N) is 1. The largest absolute Gasteiger partial charge is 0.488 e. The van der Waals surface area contributed by atoms with Gasteiger partial charge in [-0.15, -0.1) is 0 Å². The van der Waals surface area contributed by atoms with E-state index in [4.69, 9.17) is 15.6 Å². The first kappa shape index (κ1) is 23.5. The fourth-order valence-corrected chi connectivity index (χ4v) is 3.43. The molecule has 4 rings (SSSR count). The van der Waals surface area contributed by atoms with Crippen molar-refractivity contribution in [3.63, 3.8) is 0 Å². The van der Waals surface area contributed by atoms with E-state index >= 15 is 0 Å². The van der Waals surface area contributed by atoms with Crippen molar-refractivity contribution >= 4 is 0 Å². The third-order valence-electron chi connectivity index (χ3n) is 5.24. The predicted molar refractivity (Wildman–Crippen MR) is 119 cm³/mol. The number of nitrogens with zero attached hydrogens (tertiary/aromatic N) is 1. The average Bonchev–Trinajstić information content (AvgIpc) is 3.24. The van der Waals surface area contributed by atoms with Crippen LogP contribution in [0.15, 0.2) is 72.8 Å². The summed E-state index contributed by atoms with van der Waals surface area (Å²) in [5, 5.41) is 9.10. The van der Waals surface area contributed by atoms with Crippen molar-refractivity contribution in [1.82, 2.24) is 9.97 Å². The van der Waals surface area contributed by atoms with E-state index in [0.717, 1.165) is 23.3 Å². The minimum atomic E-state index is -4.74. The van der Waals surface area contributed by atoms with E-state index in [0.29, 0.717) is 5.56 Å². The molecule has 5 nitrogen and oxygen atoms in total. The number of aromatic amines is 1. The Labute approximate surface area is 192 Å². The van der Waals surface area contributed by atoms with Crippen LogP contribution in [0.2, 0.25) is 0 Å². The lowest BCUT2D eigenvalue weighted by Crippen LogP contribution is -2.16. The summed E-state index contributed by atoms with van der Waals surface area (Å²) in [6.07, 6.45) is -4.74. The van der Waals surface area contributed by atoms with Gasteiger partial charge in [-0.1, -0.05) is 54.6 Å². The molecule has 0 fully saturated rings. The summed E-state index contributed by atoms with van der Waals surface area (Å²) in [7, 11) is 0. The van der Waals surface area contributed by atoms with Crippen LogP contribution in [0.5, 0.6) is 5.75 Å². The van der Waals surface area contributed by atoms with E-state index in [2.05, 4.69) is 9.97 Å². The molecule has 1 unspecified atom stereocenters. The third-order valence-corrected chi connectivity index (χ3v) is 5.24. The van der Waals surface area contributed by atoms with Gasteiger partial charge < -0.3 is 20.6 Å². The Balaban J connectivity index is 1.56. The Kier molecular flexibility index (Phi) is 6.67. The minimum Gasteiger partial charge on any atom is -0.488 e. The molecule has 0 bridgehead atoms. The highest BCUT2D eigenvalue weighted by Gasteiger charge is 2.35. The number of hydrogen-bond donors (Lipinski definition) is 3. The van der Waals surface area contributed by atoms with Gasteiger partial charge in [0.15, 0.2) is 0 Å². The molecule has 1 aromatic heterocycles. The van der Waals surface area contributed by atoms with Gasteiger partial charge in [-0.05, 0) is 34.9 Å². The number of rotatable bonds is 7. The first-order chi connectivity index (χ1) is 16.3. The molecule has 0 saturated carbocycles. The maximum Gasteiger partial charge on any atom is 0.419 e. The number of ether oxygens (including phenoxy) is 1. The van der Waals surface area contributed by atoms with Crippen molar-refractivity contribution in [3.05, 3.63) is 95.7 Å². The first-order valence-corrected chi connectivity index (χ1v) is 10.4. The van der Waals surface area contributed by atoms with E-state index in [9.17, 15) is 17.6 Å². The highest BCUT2D eigenvalue weighted by molar-refractivity contribution is 5.64. The summed E-state index contributed by atoms with van der Waals surface area (Å²) in [6.45, 7) is -0.580. The zero-order valence-corrected chi connectivity index (χ0v) is 17.8. The molecule has 4 N–H and O–H groups in total. The van der Waals surface area contributed by atoms with Gasteiger partial charge in [0.1, 0.15) is 23.9 Å². The molecule has 0 aliphatic carbocycles. The summed E-state index contributed by atoms with van der Waals surface area (Å²) in [5.74, 6) is -1.39. The van der Waals surface area contributed by atoms with Gasteiger partial charge >= 0.3 is 6.18 Å². The first-order valence-electron chi connectivity index (χ1n) is 10.4. The van der Waals surface area contributed by atoms with Gasteiger partial charge in [-0.2, -0.15) is 17.6 Å². The molecule has 0 radical (unpaired) electrons. The number of aromatic nitrogens is 2.